The molecule has 0 N–H and O–H groups in total. The summed E-state index contributed by atoms with van der Waals surface area (Å²) >= 11 is 0. The van der Waals surface area contributed by atoms with E-state index in [-0.39, 0.29) is 11.2 Å². The van der Waals surface area contributed by atoms with Crippen molar-refractivity contribution >= 4 is 5.78 Å². The Bertz CT molecular complexity index is 444. The van der Waals surface area contributed by atoms with Crippen LogP contribution in [0.4, 0.5) is 0 Å². The normalized spacial score (nSPS) is 50.6. The van der Waals surface area contributed by atoms with E-state index in [0.717, 1.165) is 5.92 Å². The van der Waals surface area contributed by atoms with E-state index >= 15 is 0 Å². The van der Waals surface area contributed by atoms with Crippen LogP contribution >= 0.6 is 0 Å². The number of ketones is 1. The zero-order valence-electron chi connectivity index (χ0n) is 13.0. The van der Waals surface area contributed by atoms with Gasteiger partial charge in [0.1, 0.15) is 0 Å². The summed E-state index contributed by atoms with van der Waals surface area (Å²) < 4.78 is 11.7. The minimum Gasteiger partial charge on any atom is -0.347 e. The van der Waals surface area contributed by atoms with Gasteiger partial charge in [0.2, 0.25) is 5.79 Å². The lowest BCUT2D eigenvalue weighted by atomic mass is 9.53. The molecule has 2 fully saturated rings. The van der Waals surface area contributed by atoms with Crippen LogP contribution < -0.4 is 0 Å². The first-order chi connectivity index (χ1) is 9.45. The van der Waals surface area contributed by atoms with Gasteiger partial charge in [-0.05, 0) is 30.6 Å². The summed E-state index contributed by atoms with van der Waals surface area (Å²) in [6.45, 7) is 6.75. The topological polar surface area (TPSA) is 35.5 Å². The van der Waals surface area contributed by atoms with Gasteiger partial charge in [-0.15, -0.1) is 0 Å². The third kappa shape index (κ3) is 1.62. The van der Waals surface area contributed by atoms with Gasteiger partial charge in [0.15, 0.2) is 5.78 Å². The van der Waals surface area contributed by atoms with Crippen molar-refractivity contribution in [2.75, 3.05) is 13.7 Å². The number of hydrogen-bond acceptors (Lipinski definition) is 3. The predicted octanol–water partition coefficient (Wildman–Crippen LogP) is 3.19. The molecule has 0 spiro atoms. The molecule has 1 saturated carbocycles. The van der Waals surface area contributed by atoms with Crippen molar-refractivity contribution in [3.05, 3.63) is 12.2 Å². The first-order valence-electron chi connectivity index (χ1n) is 7.84. The molecule has 0 unspecified atom stereocenters. The van der Waals surface area contributed by atoms with Crippen molar-refractivity contribution in [2.45, 2.75) is 45.8 Å². The average molecular weight is 278 g/mol. The van der Waals surface area contributed by atoms with Gasteiger partial charge in [-0.2, -0.15) is 0 Å². The number of fused-ring (bicyclic) bond motifs is 3. The Balaban J connectivity index is 2.05. The summed E-state index contributed by atoms with van der Waals surface area (Å²) in [5, 5.41) is 0. The summed E-state index contributed by atoms with van der Waals surface area (Å²) in [6, 6.07) is 0. The molecule has 6 atom stereocenters. The molecular formula is C17H26O3. The van der Waals surface area contributed by atoms with E-state index in [9.17, 15) is 4.79 Å². The van der Waals surface area contributed by atoms with Gasteiger partial charge < -0.3 is 9.47 Å². The maximum absolute atomic E-state index is 12.3. The van der Waals surface area contributed by atoms with E-state index in [1.807, 2.05) is 0 Å². The quantitative estimate of drug-likeness (QED) is 0.728. The van der Waals surface area contributed by atoms with Crippen molar-refractivity contribution < 1.29 is 14.3 Å². The molecule has 2 aliphatic carbocycles. The van der Waals surface area contributed by atoms with Gasteiger partial charge in [0.05, 0.1) is 6.61 Å². The SMILES string of the molecule is CO[C@@]1(C(C)=O)OC[C@@H]2C=C[C@@H]3C[C@H](C)CC[C@H]3[C@@]21C. The van der Waals surface area contributed by atoms with Gasteiger partial charge in [0, 0.05) is 25.4 Å². The van der Waals surface area contributed by atoms with E-state index in [4.69, 9.17) is 9.47 Å². The van der Waals surface area contributed by atoms with E-state index in [2.05, 4.69) is 26.0 Å². The van der Waals surface area contributed by atoms with Gasteiger partial charge in [-0.3, -0.25) is 4.79 Å². The second kappa shape index (κ2) is 4.67. The van der Waals surface area contributed by atoms with Crippen LogP contribution in [0.2, 0.25) is 0 Å². The number of carbonyl (C=O) groups excluding carboxylic acids is 1. The Morgan fingerprint density at radius 1 is 1.35 bits per heavy atom. The van der Waals surface area contributed by atoms with Crippen molar-refractivity contribution in [3.63, 3.8) is 0 Å². The number of methoxy groups -OCH3 is 1. The molecule has 3 aliphatic rings. The Morgan fingerprint density at radius 3 is 2.75 bits per heavy atom. The minimum absolute atomic E-state index is 0.0117. The molecule has 3 nitrogen and oxygen atoms in total. The molecule has 0 aromatic rings. The molecule has 0 aromatic heterocycles. The summed E-state index contributed by atoms with van der Waals surface area (Å²) in [7, 11) is 1.62. The Morgan fingerprint density at radius 2 is 2.10 bits per heavy atom. The number of allylic oxidation sites excluding steroid dienone is 1. The second-order valence-corrected chi connectivity index (χ2v) is 7.15. The van der Waals surface area contributed by atoms with Crippen molar-refractivity contribution in [3.8, 4) is 0 Å². The van der Waals surface area contributed by atoms with Crippen LogP contribution in [-0.4, -0.2) is 25.3 Å². The molecule has 112 valence electrons. The highest BCUT2D eigenvalue weighted by molar-refractivity contribution is 5.85. The van der Waals surface area contributed by atoms with Crippen LogP contribution in [0.5, 0.6) is 0 Å². The fourth-order valence-electron chi connectivity index (χ4n) is 5.12. The number of carbonyl (C=O) groups is 1. The Kier molecular flexibility index (Phi) is 3.33. The predicted molar refractivity (Wildman–Crippen MR) is 77.1 cm³/mol. The summed E-state index contributed by atoms with van der Waals surface area (Å²) in [5.41, 5.74) is -0.229. The van der Waals surface area contributed by atoms with Gasteiger partial charge >= 0.3 is 0 Å². The fourth-order valence-corrected chi connectivity index (χ4v) is 5.12. The largest absolute Gasteiger partial charge is 0.347 e. The molecule has 0 radical (unpaired) electrons. The highest BCUT2D eigenvalue weighted by atomic mass is 16.7. The zero-order valence-corrected chi connectivity index (χ0v) is 13.0. The zero-order chi connectivity index (χ0) is 14.5. The first kappa shape index (κ1) is 14.3. The smallest absolute Gasteiger partial charge is 0.234 e. The highest BCUT2D eigenvalue weighted by Crippen LogP contribution is 2.61. The van der Waals surface area contributed by atoms with Gasteiger partial charge in [0.25, 0.3) is 0 Å². The molecule has 0 aromatic carbocycles. The van der Waals surface area contributed by atoms with Crippen molar-refractivity contribution in [2.24, 2.45) is 29.1 Å². The highest BCUT2D eigenvalue weighted by Gasteiger charge is 2.67. The van der Waals surface area contributed by atoms with E-state index in [0.29, 0.717) is 24.4 Å². The molecule has 1 aliphatic heterocycles. The number of hydrogen-bond donors (Lipinski definition) is 0. The minimum atomic E-state index is -1.05. The van der Waals surface area contributed by atoms with E-state index < -0.39 is 5.79 Å². The average Bonchev–Trinajstić information content (AvgIpc) is 2.72. The molecule has 0 bridgehead atoms. The molecule has 3 rings (SSSR count). The van der Waals surface area contributed by atoms with Crippen LogP contribution in [0, 0.1) is 29.1 Å². The lowest BCUT2D eigenvalue weighted by Gasteiger charge is -2.53. The Labute approximate surface area is 121 Å². The van der Waals surface area contributed by atoms with Crippen LogP contribution in [-0.2, 0) is 14.3 Å². The molecule has 1 heterocycles. The van der Waals surface area contributed by atoms with Crippen LogP contribution in [0.25, 0.3) is 0 Å². The maximum Gasteiger partial charge on any atom is 0.234 e. The second-order valence-electron chi connectivity index (χ2n) is 7.15. The lowest BCUT2D eigenvalue weighted by molar-refractivity contribution is -0.246. The molecule has 1 saturated heterocycles. The summed E-state index contributed by atoms with van der Waals surface area (Å²) in [6.07, 6.45) is 8.30. The lowest BCUT2D eigenvalue weighted by Crippen LogP contribution is -2.59. The van der Waals surface area contributed by atoms with Gasteiger partial charge in [-0.25, -0.2) is 0 Å². The van der Waals surface area contributed by atoms with Crippen LogP contribution in [0.15, 0.2) is 12.2 Å². The van der Waals surface area contributed by atoms with E-state index in [1.54, 1.807) is 14.0 Å². The van der Waals surface area contributed by atoms with Crippen LogP contribution in [0.1, 0.15) is 40.0 Å². The molecule has 20 heavy (non-hydrogen) atoms. The monoisotopic (exact) mass is 278 g/mol. The Hall–Kier alpha value is -0.670. The molecular weight excluding hydrogens is 252 g/mol. The van der Waals surface area contributed by atoms with Crippen molar-refractivity contribution in [1.29, 1.82) is 0 Å². The number of ether oxygens (including phenoxy) is 2. The van der Waals surface area contributed by atoms with Crippen molar-refractivity contribution in [1.82, 2.24) is 0 Å². The van der Waals surface area contributed by atoms with Crippen LogP contribution in [0.3, 0.4) is 0 Å². The maximum atomic E-state index is 12.3. The third-order valence-electron chi connectivity index (χ3n) is 6.22. The number of Topliss-reactive ketones (excluding diaryl/α,β-unsaturated/α-hetero) is 1. The fraction of sp³-hybridized carbons (Fsp3) is 0.824. The summed E-state index contributed by atoms with van der Waals surface area (Å²) in [5.74, 6) is 1.08. The summed E-state index contributed by atoms with van der Waals surface area (Å²) in [4.78, 5) is 12.3. The standard InChI is InChI=1S/C17H26O3/c1-11-5-8-15-13(9-11)6-7-14-10-20-17(19-4,12(2)18)16(14,15)3/h6-7,11,13-15H,5,8-10H2,1-4H3/t11-,13-,14+,15-,16-,17+/m1/s1. The van der Waals surface area contributed by atoms with E-state index in [1.165, 1.54) is 19.3 Å². The first-order valence-corrected chi connectivity index (χ1v) is 7.84. The third-order valence-corrected chi connectivity index (χ3v) is 6.22. The number of rotatable bonds is 2. The van der Waals surface area contributed by atoms with Gasteiger partial charge in [-0.1, -0.05) is 32.4 Å². The molecule has 3 heteroatoms. The molecule has 0 amide bonds.